The molecule has 24 heavy (non-hydrogen) atoms. The van der Waals surface area contributed by atoms with Crippen LogP contribution in [-0.2, 0) is 5.41 Å². The summed E-state index contributed by atoms with van der Waals surface area (Å²) in [4.78, 5) is 0. The van der Waals surface area contributed by atoms with Gasteiger partial charge in [0, 0.05) is 17.4 Å². The molecule has 124 valence electrons. The molecule has 4 rings (SSSR count). The molecule has 0 radical (unpaired) electrons. The lowest BCUT2D eigenvalue weighted by Gasteiger charge is -2.15. The van der Waals surface area contributed by atoms with Crippen LogP contribution in [0.15, 0.2) is 36.4 Å². The first kappa shape index (κ1) is 15.1. The number of halogens is 1. The van der Waals surface area contributed by atoms with Crippen LogP contribution in [0.25, 0.3) is 5.65 Å². The molecule has 0 amide bonds. The van der Waals surface area contributed by atoms with E-state index in [1.54, 1.807) is 16.6 Å². The molecule has 2 atom stereocenters. The molecule has 3 aromatic rings. The van der Waals surface area contributed by atoms with Crippen molar-refractivity contribution in [2.75, 3.05) is 5.32 Å². The number of fused-ring (bicyclic) bond motifs is 1. The summed E-state index contributed by atoms with van der Waals surface area (Å²) in [7, 11) is 0. The van der Waals surface area contributed by atoms with E-state index in [2.05, 4.69) is 41.4 Å². The van der Waals surface area contributed by atoms with E-state index in [1.165, 1.54) is 6.07 Å². The Hall–Kier alpha value is -2.50. The van der Waals surface area contributed by atoms with Crippen LogP contribution in [0.2, 0.25) is 0 Å². The van der Waals surface area contributed by atoms with E-state index in [0.29, 0.717) is 5.92 Å². The highest BCUT2D eigenvalue weighted by Crippen LogP contribution is 2.42. The number of nitrogens with zero attached hydrogens (tertiary/aromatic N) is 4. The zero-order valence-corrected chi connectivity index (χ0v) is 14.0. The molecular formula is C18H20FN5. The zero-order chi connectivity index (χ0) is 16.9. The molecule has 1 saturated carbocycles. The van der Waals surface area contributed by atoms with Crippen LogP contribution in [0.1, 0.15) is 44.5 Å². The van der Waals surface area contributed by atoms with Gasteiger partial charge in [0.25, 0.3) is 0 Å². The fraction of sp³-hybridized carbons (Fsp3) is 0.389. The number of aromatic nitrogens is 4. The number of hydrogen-bond acceptors (Lipinski definition) is 4. The number of anilines is 1. The summed E-state index contributed by atoms with van der Waals surface area (Å²) in [6, 6.07) is 10.9. The highest BCUT2D eigenvalue weighted by molar-refractivity contribution is 5.47. The van der Waals surface area contributed by atoms with Gasteiger partial charge in [0.15, 0.2) is 11.5 Å². The highest BCUT2D eigenvalue weighted by atomic mass is 19.1. The minimum Gasteiger partial charge on any atom is -0.365 e. The Balaban J connectivity index is 1.56. The fourth-order valence-corrected chi connectivity index (χ4v) is 2.98. The lowest BCUT2D eigenvalue weighted by Crippen LogP contribution is -2.18. The average molecular weight is 325 g/mol. The second kappa shape index (κ2) is 5.26. The topological polar surface area (TPSA) is 55.1 Å². The molecule has 6 heteroatoms. The van der Waals surface area contributed by atoms with Crippen LogP contribution in [0.5, 0.6) is 0 Å². The summed E-state index contributed by atoms with van der Waals surface area (Å²) in [6.07, 6.45) is 0.984. The van der Waals surface area contributed by atoms with E-state index in [4.69, 9.17) is 0 Å². The summed E-state index contributed by atoms with van der Waals surface area (Å²) < 4.78 is 15.1. The van der Waals surface area contributed by atoms with Crippen LogP contribution >= 0.6 is 0 Å². The third-order valence-corrected chi connectivity index (χ3v) is 4.33. The van der Waals surface area contributed by atoms with E-state index in [0.717, 1.165) is 29.3 Å². The maximum Gasteiger partial charge on any atom is 0.178 e. The summed E-state index contributed by atoms with van der Waals surface area (Å²) in [6.45, 7) is 6.27. The summed E-state index contributed by atoms with van der Waals surface area (Å²) in [5, 5.41) is 16.5. The van der Waals surface area contributed by atoms with Crippen molar-refractivity contribution in [3.05, 3.63) is 53.6 Å². The summed E-state index contributed by atoms with van der Waals surface area (Å²) in [5.74, 6) is 1.77. The third-order valence-electron chi connectivity index (χ3n) is 4.33. The van der Waals surface area contributed by atoms with E-state index in [9.17, 15) is 4.39 Å². The standard InChI is InChI=1S/C18H20FN5/c1-18(2,3)17-22-21-16-8-7-15(23-24(16)17)20-14-10-13(14)11-5-4-6-12(19)9-11/h4-9,13-14H,10H2,1-3H3,(H,20,23)/t13-,14+/m0/s1. The Morgan fingerprint density at radius 2 is 2.00 bits per heavy atom. The van der Waals surface area contributed by atoms with Gasteiger partial charge in [0.2, 0.25) is 0 Å². The predicted octanol–water partition coefficient (Wildman–Crippen LogP) is 3.53. The normalized spacial score (nSPS) is 20.3. The largest absolute Gasteiger partial charge is 0.365 e. The van der Waals surface area contributed by atoms with Gasteiger partial charge in [0.05, 0.1) is 0 Å². The smallest absolute Gasteiger partial charge is 0.178 e. The van der Waals surface area contributed by atoms with Gasteiger partial charge in [-0.1, -0.05) is 32.9 Å². The van der Waals surface area contributed by atoms with Gasteiger partial charge in [-0.2, -0.15) is 4.52 Å². The van der Waals surface area contributed by atoms with Crippen molar-refractivity contribution in [2.24, 2.45) is 0 Å². The molecule has 2 aromatic heterocycles. The van der Waals surface area contributed by atoms with E-state index < -0.39 is 0 Å². The molecule has 0 unspecified atom stereocenters. The van der Waals surface area contributed by atoms with E-state index in [1.807, 2.05) is 18.2 Å². The van der Waals surface area contributed by atoms with Crippen molar-refractivity contribution in [1.82, 2.24) is 19.8 Å². The molecule has 1 aliphatic carbocycles. The quantitative estimate of drug-likeness (QED) is 0.800. The van der Waals surface area contributed by atoms with Crippen LogP contribution in [0.4, 0.5) is 10.2 Å². The Kier molecular flexibility index (Phi) is 3.30. The maximum absolute atomic E-state index is 13.4. The van der Waals surface area contributed by atoms with Gasteiger partial charge in [-0.05, 0) is 36.2 Å². The lowest BCUT2D eigenvalue weighted by molar-refractivity contribution is 0.527. The molecule has 0 aliphatic heterocycles. The van der Waals surface area contributed by atoms with Crippen LogP contribution < -0.4 is 5.32 Å². The molecule has 1 aliphatic rings. The molecule has 0 saturated heterocycles. The number of nitrogens with one attached hydrogen (secondary N) is 1. The Labute approximate surface area is 139 Å². The number of hydrogen-bond donors (Lipinski definition) is 1. The van der Waals surface area contributed by atoms with E-state index in [-0.39, 0.29) is 17.3 Å². The average Bonchev–Trinajstić information content (AvgIpc) is 3.14. The molecule has 1 fully saturated rings. The zero-order valence-electron chi connectivity index (χ0n) is 14.0. The Bertz CT molecular complexity index is 896. The monoisotopic (exact) mass is 325 g/mol. The minimum absolute atomic E-state index is 0.130. The third kappa shape index (κ3) is 2.72. The van der Waals surface area contributed by atoms with Crippen LogP contribution in [0.3, 0.4) is 0 Å². The highest BCUT2D eigenvalue weighted by Gasteiger charge is 2.38. The van der Waals surface area contributed by atoms with Crippen molar-refractivity contribution in [3.63, 3.8) is 0 Å². The van der Waals surface area contributed by atoms with Gasteiger partial charge in [-0.3, -0.25) is 0 Å². The molecule has 0 bridgehead atoms. The van der Waals surface area contributed by atoms with Crippen molar-refractivity contribution in [2.45, 2.75) is 44.6 Å². The summed E-state index contributed by atoms with van der Waals surface area (Å²) >= 11 is 0. The van der Waals surface area contributed by atoms with E-state index >= 15 is 0 Å². The number of rotatable bonds is 3. The van der Waals surface area contributed by atoms with Gasteiger partial charge in [-0.15, -0.1) is 15.3 Å². The lowest BCUT2D eigenvalue weighted by atomic mass is 9.96. The molecule has 2 heterocycles. The SMILES string of the molecule is CC(C)(C)c1nnc2ccc(N[C@@H]3C[C@H]3c3cccc(F)c3)nn12. The van der Waals surface area contributed by atoms with Crippen molar-refractivity contribution in [3.8, 4) is 0 Å². The molecule has 5 nitrogen and oxygen atoms in total. The van der Waals surface area contributed by atoms with Crippen LogP contribution in [0, 0.1) is 5.82 Å². The number of benzene rings is 1. The molecule has 0 spiro atoms. The second-order valence-corrected chi connectivity index (χ2v) is 7.41. The first-order valence-corrected chi connectivity index (χ1v) is 8.17. The van der Waals surface area contributed by atoms with Crippen molar-refractivity contribution in [1.29, 1.82) is 0 Å². The van der Waals surface area contributed by atoms with Crippen molar-refractivity contribution >= 4 is 11.5 Å². The van der Waals surface area contributed by atoms with Crippen molar-refractivity contribution < 1.29 is 4.39 Å². The molecular weight excluding hydrogens is 305 g/mol. The van der Waals surface area contributed by atoms with Gasteiger partial charge in [-0.25, -0.2) is 4.39 Å². The van der Waals surface area contributed by atoms with Gasteiger partial charge in [0.1, 0.15) is 11.6 Å². The maximum atomic E-state index is 13.4. The minimum atomic E-state index is -0.183. The van der Waals surface area contributed by atoms with Crippen LogP contribution in [-0.4, -0.2) is 25.9 Å². The first-order chi connectivity index (χ1) is 11.4. The predicted molar refractivity (Wildman–Crippen MR) is 90.7 cm³/mol. The fourth-order valence-electron chi connectivity index (χ4n) is 2.98. The molecule has 1 N–H and O–H groups in total. The summed E-state index contributed by atoms with van der Waals surface area (Å²) in [5.41, 5.74) is 1.64. The first-order valence-electron chi connectivity index (χ1n) is 8.17. The van der Waals surface area contributed by atoms with Gasteiger partial charge < -0.3 is 5.32 Å². The van der Waals surface area contributed by atoms with Gasteiger partial charge >= 0.3 is 0 Å². The molecule has 1 aromatic carbocycles. The Morgan fingerprint density at radius 1 is 1.17 bits per heavy atom. The Morgan fingerprint density at radius 3 is 2.75 bits per heavy atom. The second-order valence-electron chi connectivity index (χ2n) is 7.41.